The third-order valence-electron chi connectivity index (χ3n) is 6.49. The lowest BCUT2D eigenvalue weighted by atomic mass is 9.93. The molecule has 5 rings (SSSR count). The predicted molar refractivity (Wildman–Crippen MR) is 132 cm³/mol. The number of nitrogens with one attached hydrogen (secondary N) is 2. The summed E-state index contributed by atoms with van der Waals surface area (Å²) >= 11 is 7.81. The van der Waals surface area contributed by atoms with Crippen molar-refractivity contribution in [3.05, 3.63) is 63.6 Å². The Morgan fingerprint density at radius 2 is 2.03 bits per heavy atom. The molecule has 0 aliphatic carbocycles. The zero-order valence-electron chi connectivity index (χ0n) is 17.9. The van der Waals surface area contributed by atoms with Crippen LogP contribution in [0.5, 0.6) is 0 Å². The summed E-state index contributed by atoms with van der Waals surface area (Å²) in [6, 6.07) is 14.2. The third-order valence-corrected chi connectivity index (χ3v) is 7.94. The average Bonchev–Trinajstić information content (AvgIpc) is 3.24. The largest absolute Gasteiger partial charge is 0.352 e. The number of carbonyl (C=O) groups excluding carboxylic acids is 1. The molecule has 2 aliphatic heterocycles. The van der Waals surface area contributed by atoms with Gasteiger partial charge < -0.3 is 10.2 Å². The van der Waals surface area contributed by atoms with E-state index in [-0.39, 0.29) is 5.91 Å². The maximum atomic E-state index is 12.7. The van der Waals surface area contributed by atoms with Gasteiger partial charge >= 0.3 is 0 Å². The summed E-state index contributed by atoms with van der Waals surface area (Å²) in [5.41, 5.74) is 3.09. The van der Waals surface area contributed by atoms with Gasteiger partial charge in [-0.3, -0.25) is 9.89 Å². The molecular weight excluding hydrogens is 440 g/mol. The Bertz CT molecular complexity index is 1150. The molecule has 7 heteroatoms. The summed E-state index contributed by atoms with van der Waals surface area (Å²) < 4.78 is 0. The van der Waals surface area contributed by atoms with Crippen molar-refractivity contribution < 1.29 is 4.79 Å². The molecule has 5 nitrogen and oxygen atoms in total. The molecule has 32 heavy (non-hydrogen) atoms. The molecular formula is C25H27ClN4OS. The molecule has 0 saturated carbocycles. The maximum Gasteiger partial charge on any atom is 0.258 e. The highest BCUT2D eigenvalue weighted by Gasteiger charge is 2.22. The summed E-state index contributed by atoms with van der Waals surface area (Å²) in [5, 5.41) is 12.5. The van der Waals surface area contributed by atoms with Crippen LogP contribution in [-0.2, 0) is 11.2 Å². The smallest absolute Gasteiger partial charge is 0.258 e. The van der Waals surface area contributed by atoms with Gasteiger partial charge in [-0.2, -0.15) is 5.10 Å². The molecule has 3 heterocycles. The van der Waals surface area contributed by atoms with Crippen LogP contribution in [0, 0.1) is 5.92 Å². The average molecular weight is 467 g/mol. The molecule has 0 spiro atoms. The Morgan fingerprint density at radius 1 is 1.19 bits per heavy atom. The number of thioether (sulfide) groups is 1. The molecule has 2 aromatic carbocycles. The number of rotatable bonds is 7. The number of carbonyl (C=O) groups is 1. The van der Waals surface area contributed by atoms with Crippen LogP contribution in [0.25, 0.3) is 17.0 Å². The Morgan fingerprint density at radius 3 is 2.88 bits per heavy atom. The molecule has 1 fully saturated rings. The highest BCUT2D eigenvalue weighted by atomic mass is 35.5. The van der Waals surface area contributed by atoms with E-state index in [0.717, 1.165) is 65.5 Å². The van der Waals surface area contributed by atoms with Crippen LogP contribution in [0.3, 0.4) is 0 Å². The number of nitrogens with zero attached hydrogens (tertiary/aromatic N) is 2. The van der Waals surface area contributed by atoms with Gasteiger partial charge in [0.25, 0.3) is 5.91 Å². The van der Waals surface area contributed by atoms with Gasteiger partial charge in [-0.1, -0.05) is 47.6 Å². The van der Waals surface area contributed by atoms with Crippen molar-refractivity contribution >= 4 is 46.2 Å². The quantitative estimate of drug-likeness (QED) is 0.507. The summed E-state index contributed by atoms with van der Waals surface area (Å²) in [5.74, 6) is 0.671. The Labute approximate surface area is 197 Å². The van der Waals surface area contributed by atoms with E-state index in [1.165, 1.54) is 30.2 Å². The van der Waals surface area contributed by atoms with Gasteiger partial charge in [0.05, 0.1) is 16.1 Å². The molecule has 2 aliphatic rings. The van der Waals surface area contributed by atoms with Crippen molar-refractivity contribution in [2.24, 2.45) is 5.92 Å². The zero-order chi connectivity index (χ0) is 21.9. The van der Waals surface area contributed by atoms with E-state index in [0.29, 0.717) is 10.8 Å². The minimum atomic E-state index is -0.00201. The summed E-state index contributed by atoms with van der Waals surface area (Å²) in [4.78, 5) is 17.1. The van der Waals surface area contributed by atoms with Gasteiger partial charge in [-0.15, -0.1) is 0 Å². The topological polar surface area (TPSA) is 61.0 Å². The van der Waals surface area contributed by atoms with Crippen LogP contribution in [0.1, 0.15) is 30.5 Å². The van der Waals surface area contributed by atoms with Crippen molar-refractivity contribution in [3.8, 4) is 0 Å². The first kappa shape index (κ1) is 21.6. The predicted octanol–water partition coefficient (Wildman–Crippen LogP) is 5.12. The van der Waals surface area contributed by atoms with E-state index < -0.39 is 0 Å². The van der Waals surface area contributed by atoms with E-state index in [4.69, 9.17) is 11.6 Å². The van der Waals surface area contributed by atoms with Gasteiger partial charge in [0, 0.05) is 28.4 Å². The number of amides is 1. The minimum Gasteiger partial charge on any atom is -0.352 e. The van der Waals surface area contributed by atoms with E-state index in [2.05, 4.69) is 32.5 Å². The summed E-state index contributed by atoms with van der Waals surface area (Å²) in [6.45, 7) is 4.02. The number of halogens is 1. The third kappa shape index (κ3) is 4.72. The molecule has 0 atom stereocenters. The number of H-pyrrole nitrogens is 1. The number of hydrogen-bond donors (Lipinski definition) is 2. The van der Waals surface area contributed by atoms with Crippen LogP contribution in [0.15, 0.2) is 52.3 Å². The number of hydrogen-bond acceptors (Lipinski definition) is 4. The molecule has 1 amide bonds. The Hall–Kier alpha value is -2.28. The number of likely N-dealkylation sites (tertiary alicyclic amines) is 1. The van der Waals surface area contributed by atoms with Crippen LogP contribution in [0.2, 0.25) is 5.02 Å². The van der Waals surface area contributed by atoms with Crippen LogP contribution in [0.4, 0.5) is 0 Å². The van der Waals surface area contributed by atoms with Crippen molar-refractivity contribution in [1.82, 2.24) is 20.4 Å². The van der Waals surface area contributed by atoms with Gasteiger partial charge in [-0.05, 0) is 74.5 Å². The first-order valence-electron chi connectivity index (χ1n) is 11.3. The molecule has 2 N–H and O–H groups in total. The molecule has 0 bridgehead atoms. The van der Waals surface area contributed by atoms with Crippen molar-refractivity contribution in [1.29, 1.82) is 0 Å². The second-order valence-electron chi connectivity index (χ2n) is 8.57. The Balaban J connectivity index is 1.05. The number of piperidine rings is 1. The van der Waals surface area contributed by atoms with E-state index in [1.54, 1.807) is 0 Å². The van der Waals surface area contributed by atoms with Crippen molar-refractivity contribution in [2.45, 2.75) is 30.6 Å². The van der Waals surface area contributed by atoms with Crippen LogP contribution >= 0.6 is 23.4 Å². The first-order valence-corrected chi connectivity index (χ1v) is 12.5. The van der Waals surface area contributed by atoms with E-state index in [9.17, 15) is 4.79 Å². The molecule has 1 aromatic heterocycles. The fourth-order valence-corrected chi connectivity index (χ4v) is 5.86. The SMILES string of the molecule is O=C(NCCC1CCN(CCc2ccccc2Cl)CC1)C1=Cc2n[nH]c3cccc(c23)S1. The molecule has 166 valence electrons. The lowest BCUT2D eigenvalue weighted by Gasteiger charge is -2.32. The lowest BCUT2D eigenvalue weighted by Crippen LogP contribution is -2.36. The fourth-order valence-electron chi connectivity index (χ4n) is 4.59. The second kappa shape index (κ2) is 9.69. The first-order chi connectivity index (χ1) is 15.7. The monoisotopic (exact) mass is 466 g/mol. The standard InChI is InChI=1S/C25H27ClN4OS/c26-19-5-2-1-4-18(19)11-15-30-13-9-17(10-14-30)8-12-27-25(31)23-16-21-24-20(28-29-21)6-3-7-22(24)32-23/h1-7,16-17H,8-15H2,(H,27,31)(H,28,29). The van der Waals surface area contributed by atoms with Crippen LogP contribution in [-0.4, -0.2) is 47.2 Å². The number of benzene rings is 2. The number of aromatic nitrogens is 2. The minimum absolute atomic E-state index is 0.00201. The highest BCUT2D eigenvalue weighted by Crippen LogP contribution is 2.39. The normalized spacial score (nSPS) is 16.8. The molecule has 0 radical (unpaired) electrons. The summed E-state index contributed by atoms with van der Waals surface area (Å²) in [7, 11) is 0. The van der Waals surface area contributed by atoms with Gasteiger partial charge in [-0.25, -0.2) is 0 Å². The van der Waals surface area contributed by atoms with Crippen molar-refractivity contribution in [3.63, 3.8) is 0 Å². The fraction of sp³-hybridized carbons (Fsp3) is 0.360. The Kier molecular flexibility index (Phi) is 6.53. The number of aromatic amines is 1. The maximum absolute atomic E-state index is 12.7. The molecule has 1 saturated heterocycles. The lowest BCUT2D eigenvalue weighted by molar-refractivity contribution is -0.116. The summed E-state index contributed by atoms with van der Waals surface area (Å²) in [6.07, 6.45) is 6.30. The van der Waals surface area contributed by atoms with Crippen LogP contribution < -0.4 is 5.32 Å². The second-order valence-corrected chi connectivity index (χ2v) is 10.1. The van der Waals surface area contributed by atoms with E-state index >= 15 is 0 Å². The van der Waals surface area contributed by atoms with Gasteiger partial charge in [0.1, 0.15) is 0 Å². The van der Waals surface area contributed by atoms with Crippen molar-refractivity contribution in [2.75, 3.05) is 26.2 Å². The highest BCUT2D eigenvalue weighted by molar-refractivity contribution is 8.04. The van der Waals surface area contributed by atoms with Gasteiger partial charge in [0.2, 0.25) is 0 Å². The molecule has 0 unspecified atom stereocenters. The molecule has 3 aromatic rings. The van der Waals surface area contributed by atoms with E-state index in [1.807, 2.05) is 36.4 Å². The van der Waals surface area contributed by atoms with Gasteiger partial charge in [0.15, 0.2) is 0 Å². The zero-order valence-corrected chi connectivity index (χ0v) is 19.5.